The monoisotopic (exact) mass is 234 g/mol. The molecule has 0 fully saturated rings. The number of hydrogen-bond donors (Lipinski definition) is 0. The van der Waals surface area contributed by atoms with Gasteiger partial charge in [-0.3, -0.25) is 0 Å². The predicted octanol–water partition coefficient (Wildman–Crippen LogP) is 3.78. The van der Waals surface area contributed by atoms with Gasteiger partial charge in [-0.05, 0) is 28.1 Å². The van der Waals surface area contributed by atoms with Crippen molar-refractivity contribution in [1.82, 2.24) is 0 Å². The topological polar surface area (TPSA) is 0 Å². The molecule has 0 saturated carbocycles. The second-order valence-corrected chi connectivity index (χ2v) is 3.64. The molecular formula is C4H2BrCl3. The Kier molecular flexibility index (Phi) is 5.17. The van der Waals surface area contributed by atoms with E-state index in [-0.39, 0.29) is 4.49 Å². The van der Waals surface area contributed by atoms with Gasteiger partial charge in [0, 0.05) is 0 Å². The molecule has 0 N–H and O–H groups in total. The Labute approximate surface area is 71.2 Å². The van der Waals surface area contributed by atoms with Gasteiger partial charge < -0.3 is 0 Å². The van der Waals surface area contributed by atoms with Crippen LogP contribution in [0.4, 0.5) is 0 Å². The lowest BCUT2D eigenvalue weighted by Crippen LogP contribution is -1.50. The number of halogens is 4. The minimum atomic E-state index is 0.183. The molecule has 0 saturated heterocycles. The Bertz CT molecular complexity index is 103. The first-order chi connectivity index (χ1) is 3.63. The largest absolute Gasteiger partial charge is 0.106 e. The SMILES string of the molecule is ClC(Cl)=CC=C(Cl)Br. The van der Waals surface area contributed by atoms with E-state index in [1.165, 1.54) is 12.2 Å². The van der Waals surface area contributed by atoms with E-state index in [1.807, 2.05) is 0 Å². The highest BCUT2D eigenvalue weighted by Gasteiger charge is 1.79. The lowest BCUT2D eigenvalue weighted by atomic mass is 10.6. The van der Waals surface area contributed by atoms with Crippen LogP contribution in [0.5, 0.6) is 0 Å². The van der Waals surface area contributed by atoms with Crippen LogP contribution in [0, 0.1) is 0 Å². The molecular weight excluding hydrogens is 234 g/mol. The Morgan fingerprint density at radius 2 is 1.62 bits per heavy atom. The molecule has 0 atom stereocenters. The summed E-state index contributed by atoms with van der Waals surface area (Å²) < 4.78 is 0.652. The molecule has 0 rings (SSSR count). The highest BCUT2D eigenvalue weighted by molar-refractivity contribution is 9.12. The highest BCUT2D eigenvalue weighted by Crippen LogP contribution is 2.12. The Hall–Kier alpha value is 0.830. The van der Waals surface area contributed by atoms with Gasteiger partial charge in [-0.2, -0.15) is 0 Å². The molecule has 0 unspecified atom stereocenters. The first-order valence-electron chi connectivity index (χ1n) is 1.67. The summed E-state index contributed by atoms with van der Waals surface area (Å²) >= 11 is 18.8. The van der Waals surface area contributed by atoms with Gasteiger partial charge in [0.25, 0.3) is 0 Å². The van der Waals surface area contributed by atoms with Crippen LogP contribution in [0.2, 0.25) is 0 Å². The van der Waals surface area contributed by atoms with Crippen molar-refractivity contribution in [2.24, 2.45) is 0 Å². The van der Waals surface area contributed by atoms with Gasteiger partial charge in [-0.25, -0.2) is 0 Å². The molecule has 0 aromatic rings. The molecule has 0 aliphatic rings. The van der Waals surface area contributed by atoms with Gasteiger partial charge in [0.05, 0.1) is 3.94 Å². The zero-order valence-corrected chi connectivity index (χ0v) is 7.52. The average Bonchev–Trinajstić information content (AvgIpc) is 1.61. The van der Waals surface area contributed by atoms with Gasteiger partial charge in [0.15, 0.2) is 0 Å². The van der Waals surface area contributed by atoms with Crippen molar-refractivity contribution < 1.29 is 0 Å². The molecule has 8 heavy (non-hydrogen) atoms. The van der Waals surface area contributed by atoms with Gasteiger partial charge in [-0.1, -0.05) is 34.8 Å². The average molecular weight is 236 g/mol. The highest BCUT2D eigenvalue weighted by atomic mass is 79.9. The number of hydrogen-bond acceptors (Lipinski definition) is 0. The van der Waals surface area contributed by atoms with Crippen LogP contribution in [-0.4, -0.2) is 0 Å². The smallest absolute Gasteiger partial charge is 0.0762 e. The molecule has 4 heteroatoms. The van der Waals surface area contributed by atoms with Crippen LogP contribution in [-0.2, 0) is 0 Å². The fourth-order valence-electron chi connectivity index (χ4n) is 0.126. The fraction of sp³-hybridized carbons (Fsp3) is 0. The second kappa shape index (κ2) is 4.68. The van der Waals surface area contributed by atoms with Crippen LogP contribution in [0.25, 0.3) is 0 Å². The van der Waals surface area contributed by atoms with E-state index >= 15 is 0 Å². The molecule has 0 bridgehead atoms. The molecule has 0 nitrogen and oxygen atoms in total. The predicted molar refractivity (Wildman–Crippen MR) is 42.7 cm³/mol. The van der Waals surface area contributed by atoms with E-state index in [9.17, 15) is 0 Å². The van der Waals surface area contributed by atoms with E-state index in [1.54, 1.807) is 0 Å². The first kappa shape index (κ1) is 8.83. The van der Waals surface area contributed by atoms with Crippen molar-refractivity contribution >= 4 is 50.7 Å². The zero-order valence-electron chi connectivity index (χ0n) is 3.67. The van der Waals surface area contributed by atoms with Crippen LogP contribution >= 0.6 is 50.7 Å². The molecule has 0 spiro atoms. The maximum atomic E-state index is 5.34. The Balaban J connectivity index is 3.76. The van der Waals surface area contributed by atoms with E-state index in [0.717, 1.165) is 0 Å². The van der Waals surface area contributed by atoms with Crippen LogP contribution < -0.4 is 0 Å². The third-order valence-electron chi connectivity index (χ3n) is 0.335. The van der Waals surface area contributed by atoms with Gasteiger partial charge in [0.1, 0.15) is 4.49 Å². The van der Waals surface area contributed by atoms with Crippen molar-refractivity contribution in [3.63, 3.8) is 0 Å². The number of allylic oxidation sites excluding steroid dienone is 2. The zero-order chi connectivity index (χ0) is 6.57. The lowest BCUT2D eigenvalue weighted by Gasteiger charge is -1.76. The third kappa shape index (κ3) is 6.83. The normalized spacial score (nSPS) is 11.2. The quantitative estimate of drug-likeness (QED) is 0.608. The lowest BCUT2D eigenvalue weighted by molar-refractivity contribution is 2.02. The molecule has 0 aliphatic heterocycles. The van der Waals surface area contributed by atoms with Gasteiger partial charge in [-0.15, -0.1) is 0 Å². The number of rotatable bonds is 1. The van der Waals surface area contributed by atoms with Crippen molar-refractivity contribution in [2.75, 3.05) is 0 Å². The summed E-state index contributed by atoms with van der Waals surface area (Å²) in [5, 5.41) is 0. The van der Waals surface area contributed by atoms with E-state index in [4.69, 9.17) is 34.8 Å². The molecule has 0 aromatic heterocycles. The molecule has 0 aromatic carbocycles. The Morgan fingerprint density at radius 1 is 1.12 bits per heavy atom. The summed E-state index contributed by atoms with van der Waals surface area (Å²) in [6.45, 7) is 0. The summed E-state index contributed by atoms with van der Waals surface area (Å²) in [5.41, 5.74) is 0. The fourth-order valence-corrected chi connectivity index (χ4v) is 0.447. The molecule has 0 radical (unpaired) electrons. The summed E-state index contributed by atoms with van der Waals surface area (Å²) in [6.07, 6.45) is 3.01. The van der Waals surface area contributed by atoms with Crippen molar-refractivity contribution in [2.45, 2.75) is 0 Å². The summed E-state index contributed by atoms with van der Waals surface area (Å²) in [5.74, 6) is 0. The van der Waals surface area contributed by atoms with E-state index < -0.39 is 0 Å². The van der Waals surface area contributed by atoms with E-state index in [0.29, 0.717) is 3.94 Å². The van der Waals surface area contributed by atoms with Gasteiger partial charge in [0.2, 0.25) is 0 Å². The maximum absolute atomic E-state index is 5.34. The molecule has 46 valence electrons. The first-order valence-corrected chi connectivity index (χ1v) is 3.59. The maximum Gasteiger partial charge on any atom is 0.106 e. The van der Waals surface area contributed by atoms with Crippen molar-refractivity contribution in [1.29, 1.82) is 0 Å². The van der Waals surface area contributed by atoms with Crippen LogP contribution in [0.15, 0.2) is 20.6 Å². The molecule has 0 heterocycles. The third-order valence-corrected chi connectivity index (χ3v) is 0.978. The van der Waals surface area contributed by atoms with Crippen molar-refractivity contribution in [3.05, 3.63) is 20.6 Å². The minimum Gasteiger partial charge on any atom is -0.0762 e. The van der Waals surface area contributed by atoms with Gasteiger partial charge >= 0.3 is 0 Å². The van der Waals surface area contributed by atoms with Crippen LogP contribution in [0.3, 0.4) is 0 Å². The van der Waals surface area contributed by atoms with Crippen LogP contribution in [0.1, 0.15) is 0 Å². The molecule has 0 aliphatic carbocycles. The minimum absolute atomic E-state index is 0.183. The Morgan fingerprint density at radius 3 is 1.75 bits per heavy atom. The van der Waals surface area contributed by atoms with E-state index in [2.05, 4.69) is 15.9 Å². The second-order valence-electron chi connectivity index (χ2n) is 0.913. The molecule has 0 amide bonds. The summed E-state index contributed by atoms with van der Waals surface area (Å²) in [4.78, 5) is 0. The summed E-state index contributed by atoms with van der Waals surface area (Å²) in [7, 11) is 0. The summed E-state index contributed by atoms with van der Waals surface area (Å²) in [6, 6.07) is 0. The standard InChI is InChI=1S/C4H2BrCl3/c5-3(6)1-2-4(7)8/h1-2H. The van der Waals surface area contributed by atoms with Crippen molar-refractivity contribution in [3.8, 4) is 0 Å².